The van der Waals surface area contributed by atoms with Crippen molar-refractivity contribution < 1.29 is 8.42 Å². The molecule has 0 fully saturated rings. The maximum Gasteiger partial charge on any atom is 0.157 e. The van der Waals surface area contributed by atoms with Crippen LogP contribution in [-0.4, -0.2) is 25.7 Å². The fourth-order valence-electron chi connectivity index (χ4n) is 1.90. The maximum atomic E-state index is 11.4. The molecule has 0 radical (unpaired) electrons. The molecule has 0 atom stereocenters. The second kappa shape index (κ2) is 5.27. The molecule has 1 aromatic carbocycles. The highest BCUT2D eigenvalue weighted by molar-refractivity contribution is 7.98. The molecule has 1 aliphatic rings. The monoisotopic (exact) mass is 268 g/mol. The minimum atomic E-state index is -2.83. The molecule has 0 aliphatic carbocycles. The smallest absolute Gasteiger partial charge is 0.157 e. The van der Waals surface area contributed by atoms with Gasteiger partial charge in [-0.25, -0.2) is 8.42 Å². The largest absolute Gasteiger partial charge is 0.228 e. The van der Waals surface area contributed by atoms with Gasteiger partial charge in [0.05, 0.1) is 11.5 Å². The summed E-state index contributed by atoms with van der Waals surface area (Å²) in [6, 6.07) is 10.3. The Morgan fingerprint density at radius 3 is 2.41 bits per heavy atom. The molecule has 1 aliphatic heterocycles. The predicted octanol–water partition coefficient (Wildman–Crippen LogP) is 2.66. The quantitative estimate of drug-likeness (QED) is 0.787. The van der Waals surface area contributed by atoms with Crippen molar-refractivity contribution in [2.24, 2.45) is 0 Å². The van der Waals surface area contributed by atoms with E-state index < -0.39 is 9.84 Å². The summed E-state index contributed by atoms with van der Waals surface area (Å²) in [7, 11) is -2.83. The van der Waals surface area contributed by atoms with E-state index in [1.807, 2.05) is 25.1 Å². The molecule has 0 bridgehead atoms. The summed E-state index contributed by atoms with van der Waals surface area (Å²) in [4.78, 5) is 0. The van der Waals surface area contributed by atoms with Gasteiger partial charge in [0.1, 0.15) is 0 Å². The highest BCUT2D eigenvalue weighted by Gasteiger charge is 2.24. The topological polar surface area (TPSA) is 34.1 Å². The van der Waals surface area contributed by atoms with Gasteiger partial charge in [-0.3, -0.25) is 0 Å². The first-order valence-electron chi connectivity index (χ1n) is 5.56. The van der Waals surface area contributed by atoms with Crippen molar-refractivity contribution >= 4 is 21.6 Å². The van der Waals surface area contributed by atoms with E-state index in [4.69, 9.17) is 0 Å². The molecule has 0 aromatic heterocycles. The summed E-state index contributed by atoms with van der Waals surface area (Å²) in [6.45, 7) is 1.93. The maximum absolute atomic E-state index is 11.4. The van der Waals surface area contributed by atoms with Crippen LogP contribution in [0.3, 0.4) is 0 Å². The lowest BCUT2D eigenvalue weighted by Crippen LogP contribution is -2.04. The highest BCUT2D eigenvalue weighted by atomic mass is 32.2. The Morgan fingerprint density at radius 1 is 1.12 bits per heavy atom. The molecule has 4 heteroatoms. The highest BCUT2D eigenvalue weighted by Crippen LogP contribution is 2.24. The van der Waals surface area contributed by atoms with Crippen LogP contribution in [0.25, 0.3) is 0 Å². The van der Waals surface area contributed by atoms with Crippen LogP contribution in [-0.2, 0) is 15.6 Å². The molecule has 0 saturated heterocycles. The van der Waals surface area contributed by atoms with Crippen molar-refractivity contribution in [1.29, 1.82) is 0 Å². The van der Waals surface area contributed by atoms with Crippen LogP contribution in [0.1, 0.15) is 12.5 Å². The van der Waals surface area contributed by atoms with E-state index >= 15 is 0 Å². The van der Waals surface area contributed by atoms with Crippen molar-refractivity contribution in [3.05, 3.63) is 47.0 Å². The molecule has 17 heavy (non-hydrogen) atoms. The summed E-state index contributed by atoms with van der Waals surface area (Å²) < 4.78 is 22.9. The molecular formula is C13H16O2S2. The summed E-state index contributed by atoms with van der Waals surface area (Å²) in [5.41, 5.74) is 3.44. The lowest BCUT2D eigenvalue weighted by Gasteiger charge is -2.03. The third kappa shape index (κ3) is 3.61. The van der Waals surface area contributed by atoms with Crippen molar-refractivity contribution in [2.75, 3.05) is 17.3 Å². The molecule has 0 spiro atoms. The molecule has 2 rings (SSSR count). The van der Waals surface area contributed by atoms with Gasteiger partial charge in [-0.1, -0.05) is 35.9 Å². The first-order valence-corrected chi connectivity index (χ1v) is 8.54. The first-order chi connectivity index (χ1) is 8.07. The van der Waals surface area contributed by atoms with Gasteiger partial charge in [0.25, 0.3) is 0 Å². The van der Waals surface area contributed by atoms with Gasteiger partial charge in [0.2, 0.25) is 0 Å². The fourth-order valence-corrected chi connectivity index (χ4v) is 5.00. The molecular weight excluding hydrogens is 252 g/mol. The molecule has 2 nitrogen and oxygen atoms in total. The van der Waals surface area contributed by atoms with E-state index in [2.05, 4.69) is 12.1 Å². The zero-order valence-corrected chi connectivity index (χ0v) is 11.5. The van der Waals surface area contributed by atoms with Crippen LogP contribution < -0.4 is 0 Å². The van der Waals surface area contributed by atoms with E-state index in [9.17, 15) is 8.42 Å². The first kappa shape index (κ1) is 12.7. The Bertz CT molecular complexity index is 516. The van der Waals surface area contributed by atoms with Crippen molar-refractivity contribution in [3.8, 4) is 0 Å². The number of sulfone groups is 1. The van der Waals surface area contributed by atoms with Gasteiger partial charge in [-0.2, -0.15) is 11.8 Å². The van der Waals surface area contributed by atoms with Gasteiger partial charge in [0, 0.05) is 11.5 Å². The molecule has 1 heterocycles. The standard InChI is InChI=1S/C13H16O2S2/c1-11-9-17(14,15)10-13(11)8-16-7-12-5-3-2-4-6-12/h2-6H,7-10H2,1H3. The Hall–Kier alpha value is -0.740. The Balaban J connectivity index is 1.86. The normalized spacial score (nSPS) is 18.6. The number of rotatable bonds is 4. The summed E-state index contributed by atoms with van der Waals surface area (Å²) in [5.74, 6) is 2.30. The second-order valence-corrected chi connectivity index (χ2v) is 7.44. The Morgan fingerprint density at radius 2 is 1.82 bits per heavy atom. The van der Waals surface area contributed by atoms with E-state index in [1.165, 1.54) is 5.56 Å². The molecule has 0 saturated carbocycles. The molecule has 1 aromatic rings. The number of hydrogen-bond donors (Lipinski definition) is 0. The van der Waals surface area contributed by atoms with Crippen molar-refractivity contribution in [1.82, 2.24) is 0 Å². The fraction of sp³-hybridized carbons (Fsp3) is 0.385. The van der Waals surface area contributed by atoms with E-state index in [0.29, 0.717) is 0 Å². The average Bonchev–Trinajstić information content (AvgIpc) is 2.53. The van der Waals surface area contributed by atoms with Gasteiger partial charge < -0.3 is 0 Å². The van der Waals surface area contributed by atoms with Crippen LogP contribution in [0, 0.1) is 0 Å². The minimum absolute atomic E-state index is 0.258. The third-order valence-electron chi connectivity index (χ3n) is 2.82. The lowest BCUT2D eigenvalue weighted by molar-refractivity contribution is 0.602. The number of thioether (sulfide) groups is 1. The Labute approximate surface area is 107 Å². The molecule has 92 valence electrons. The molecule has 0 unspecified atom stereocenters. The van der Waals surface area contributed by atoms with Crippen molar-refractivity contribution in [3.63, 3.8) is 0 Å². The molecule has 0 amide bonds. The molecule has 0 N–H and O–H groups in total. The van der Waals surface area contributed by atoms with E-state index in [1.54, 1.807) is 11.8 Å². The average molecular weight is 268 g/mol. The number of benzene rings is 1. The predicted molar refractivity (Wildman–Crippen MR) is 74.0 cm³/mol. The van der Waals surface area contributed by atoms with Crippen LogP contribution in [0.4, 0.5) is 0 Å². The van der Waals surface area contributed by atoms with Crippen LogP contribution in [0.15, 0.2) is 41.5 Å². The van der Waals surface area contributed by atoms with Crippen LogP contribution >= 0.6 is 11.8 Å². The minimum Gasteiger partial charge on any atom is -0.228 e. The van der Waals surface area contributed by atoms with Gasteiger partial charge >= 0.3 is 0 Å². The lowest BCUT2D eigenvalue weighted by atomic mass is 10.2. The zero-order valence-electron chi connectivity index (χ0n) is 9.85. The van der Waals surface area contributed by atoms with E-state index in [0.717, 1.165) is 22.7 Å². The van der Waals surface area contributed by atoms with Crippen molar-refractivity contribution in [2.45, 2.75) is 12.7 Å². The summed E-state index contributed by atoms with van der Waals surface area (Å²) >= 11 is 1.79. The SMILES string of the molecule is CC1=C(CSCc2ccccc2)CS(=O)(=O)C1. The van der Waals surface area contributed by atoms with Crippen LogP contribution in [0.5, 0.6) is 0 Å². The van der Waals surface area contributed by atoms with Gasteiger partial charge in [-0.05, 0) is 18.1 Å². The van der Waals surface area contributed by atoms with Crippen LogP contribution in [0.2, 0.25) is 0 Å². The van der Waals surface area contributed by atoms with Gasteiger partial charge in [0.15, 0.2) is 9.84 Å². The van der Waals surface area contributed by atoms with Gasteiger partial charge in [-0.15, -0.1) is 0 Å². The van der Waals surface area contributed by atoms with E-state index in [-0.39, 0.29) is 11.5 Å². The summed E-state index contributed by atoms with van der Waals surface area (Å²) in [6.07, 6.45) is 0. The third-order valence-corrected chi connectivity index (χ3v) is 5.57. The second-order valence-electron chi connectivity index (χ2n) is 4.39. The zero-order chi connectivity index (χ0) is 12.3. The number of hydrogen-bond acceptors (Lipinski definition) is 3. The Kier molecular flexibility index (Phi) is 3.94. The summed E-state index contributed by atoms with van der Waals surface area (Å²) in [5, 5.41) is 0.